The van der Waals surface area contributed by atoms with Crippen molar-refractivity contribution < 1.29 is 14.3 Å². The van der Waals surface area contributed by atoms with E-state index in [0.717, 1.165) is 11.1 Å². The van der Waals surface area contributed by atoms with E-state index in [1.54, 1.807) is 13.8 Å². The molecule has 0 aromatic rings. The third-order valence-corrected chi connectivity index (χ3v) is 2.31. The number of carbonyl (C=O) groups excluding carboxylic acids is 2. The molecule has 0 atom stereocenters. The molecule has 0 amide bonds. The van der Waals surface area contributed by atoms with E-state index in [4.69, 9.17) is 4.74 Å². The van der Waals surface area contributed by atoms with Crippen LogP contribution in [-0.4, -0.2) is 18.4 Å². The second kappa shape index (κ2) is 4.22. The molecular formula is C11H14O3. The van der Waals surface area contributed by atoms with Crippen LogP contribution in [0.15, 0.2) is 22.8 Å². The lowest BCUT2D eigenvalue weighted by molar-refractivity contribution is -0.137. The first-order valence-electron chi connectivity index (χ1n) is 4.64. The monoisotopic (exact) mass is 194 g/mol. The molecule has 0 spiro atoms. The van der Waals surface area contributed by atoms with Gasteiger partial charge < -0.3 is 4.74 Å². The predicted octanol–water partition coefficient (Wildman–Crippen LogP) is 1.79. The van der Waals surface area contributed by atoms with Crippen LogP contribution in [0.3, 0.4) is 0 Å². The van der Waals surface area contributed by atoms with Gasteiger partial charge in [0.25, 0.3) is 0 Å². The van der Waals surface area contributed by atoms with Crippen molar-refractivity contribution in [2.75, 3.05) is 6.61 Å². The summed E-state index contributed by atoms with van der Waals surface area (Å²) < 4.78 is 4.74. The molecule has 0 saturated carbocycles. The van der Waals surface area contributed by atoms with Crippen molar-refractivity contribution >= 4 is 11.8 Å². The fraction of sp³-hybridized carbons (Fsp3) is 0.455. The summed E-state index contributed by atoms with van der Waals surface area (Å²) in [6, 6.07) is 0. The van der Waals surface area contributed by atoms with E-state index < -0.39 is 5.97 Å². The largest absolute Gasteiger partial charge is 0.463 e. The van der Waals surface area contributed by atoms with Crippen LogP contribution >= 0.6 is 0 Å². The summed E-state index contributed by atoms with van der Waals surface area (Å²) in [6.07, 6.45) is 1.87. The molecular weight excluding hydrogens is 180 g/mol. The molecule has 0 aromatic heterocycles. The zero-order valence-electron chi connectivity index (χ0n) is 8.72. The number of ketones is 1. The normalized spacial score (nSPS) is 19.4. The smallest absolute Gasteiger partial charge is 0.331 e. The first-order valence-corrected chi connectivity index (χ1v) is 4.64. The highest BCUT2D eigenvalue weighted by Crippen LogP contribution is 2.26. The number of rotatable bonds is 2. The van der Waals surface area contributed by atoms with E-state index in [-0.39, 0.29) is 5.78 Å². The zero-order valence-corrected chi connectivity index (χ0v) is 8.72. The average molecular weight is 194 g/mol. The van der Waals surface area contributed by atoms with E-state index in [1.165, 1.54) is 6.08 Å². The standard InChI is InChI=1S/C11H14O3/c1-4-14-10(12)6-9-5-7(2)8(3)11(9)13/h6H,4-5H2,1-3H3/b9-6-. The van der Waals surface area contributed by atoms with Gasteiger partial charge >= 0.3 is 5.97 Å². The number of Topliss-reactive ketones (excluding diaryl/α,β-unsaturated/α-hetero) is 1. The Morgan fingerprint density at radius 3 is 2.57 bits per heavy atom. The summed E-state index contributed by atoms with van der Waals surface area (Å²) in [5.41, 5.74) is 2.32. The van der Waals surface area contributed by atoms with Crippen molar-refractivity contribution in [2.45, 2.75) is 27.2 Å². The van der Waals surface area contributed by atoms with Gasteiger partial charge in [-0.3, -0.25) is 4.79 Å². The number of carbonyl (C=O) groups is 2. The quantitative estimate of drug-likeness (QED) is 0.497. The number of allylic oxidation sites excluding steroid dienone is 3. The Bertz CT molecular complexity index is 334. The van der Waals surface area contributed by atoms with E-state index >= 15 is 0 Å². The van der Waals surface area contributed by atoms with E-state index in [0.29, 0.717) is 18.6 Å². The summed E-state index contributed by atoms with van der Waals surface area (Å²) in [6.45, 7) is 5.76. The second-order valence-electron chi connectivity index (χ2n) is 3.33. The van der Waals surface area contributed by atoms with Crippen molar-refractivity contribution in [1.82, 2.24) is 0 Å². The van der Waals surface area contributed by atoms with E-state index in [2.05, 4.69) is 0 Å². The topological polar surface area (TPSA) is 43.4 Å². The molecule has 0 aromatic carbocycles. The third kappa shape index (κ3) is 2.10. The number of ether oxygens (including phenoxy) is 1. The van der Waals surface area contributed by atoms with Crippen molar-refractivity contribution in [1.29, 1.82) is 0 Å². The highest BCUT2D eigenvalue weighted by Gasteiger charge is 2.22. The lowest BCUT2D eigenvalue weighted by Gasteiger charge is -1.97. The number of esters is 1. The average Bonchev–Trinajstić information content (AvgIpc) is 2.34. The maximum Gasteiger partial charge on any atom is 0.331 e. The third-order valence-electron chi connectivity index (χ3n) is 2.31. The first kappa shape index (κ1) is 10.7. The van der Waals surface area contributed by atoms with Gasteiger partial charge in [-0.15, -0.1) is 0 Å². The molecule has 0 bridgehead atoms. The van der Waals surface area contributed by atoms with Crippen LogP contribution in [0.1, 0.15) is 27.2 Å². The molecule has 3 heteroatoms. The lowest BCUT2D eigenvalue weighted by Crippen LogP contribution is -2.04. The highest BCUT2D eigenvalue weighted by molar-refractivity contribution is 6.13. The minimum absolute atomic E-state index is 0.0319. The molecule has 0 aliphatic heterocycles. The van der Waals surface area contributed by atoms with Crippen LogP contribution in [0.2, 0.25) is 0 Å². The predicted molar refractivity (Wildman–Crippen MR) is 52.7 cm³/mol. The minimum Gasteiger partial charge on any atom is -0.463 e. The van der Waals surface area contributed by atoms with Crippen LogP contribution in [0.4, 0.5) is 0 Å². The van der Waals surface area contributed by atoms with Gasteiger partial charge in [-0.25, -0.2) is 4.79 Å². The summed E-state index contributed by atoms with van der Waals surface area (Å²) >= 11 is 0. The molecule has 1 aliphatic rings. The van der Waals surface area contributed by atoms with Crippen LogP contribution in [-0.2, 0) is 14.3 Å². The SMILES string of the molecule is CCOC(=O)/C=C1/CC(C)=C(C)C1=O. The van der Waals surface area contributed by atoms with Crippen molar-refractivity contribution in [3.8, 4) is 0 Å². The summed E-state index contributed by atoms with van der Waals surface area (Å²) in [5.74, 6) is -0.464. The molecule has 0 saturated heterocycles. The number of hydrogen-bond acceptors (Lipinski definition) is 3. The second-order valence-corrected chi connectivity index (χ2v) is 3.33. The molecule has 1 aliphatic carbocycles. The Hall–Kier alpha value is -1.38. The van der Waals surface area contributed by atoms with Gasteiger partial charge in [0, 0.05) is 11.6 Å². The first-order chi connectivity index (χ1) is 6.56. The molecule has 1 rings (SSSR count). The molecule has 14 heavy (non-hydrogen) atoms. The van der Waals surface area contributed by atoms with Crippen molar-refractivity contribution in [3.63, 3.8) is 0 Å². The molecule has 76 valence electrons. The Labute approximate surface area is 83.4 Å². The Morgan fingerprint density at radius 2 is 2.14 bits per heavy atom. The minimum atomic E-state index is -0.432. The van der Waals surface area contributed by atoms with Gasteiger partial charge in [-0.2, -0.15) is 0 Å². The Kier molecular flexibility index (Phi) is 3.23. The Morgan fingerprint density at radius 1 is 1.50 bits per heavy atom. The van der Waals surface area contributed by atoms with Crippen LogP contribution < -0.4 is 0 Å². The summed E-state index contributed by atoms with van der Waals surface area (Å²) in [7, 11) is 0. The van der Waals surface area contributed by atoms with Gasteiger partial charge in [-0.05, 0) is 32.8 Å². The molecule has 0 fully saturated rings. The zero-order chi connectivity index (χ0) is 10.7. The molecule has 0 N–H and O–H groups in total. The maximum atomic E-state index is 11.5. The number of hydrogen-bond donors (Lipinski definition) is 0. The van der Waals surface area contributed by atoms with Gasteiger partial charge in [0.2, 0.25) is 0 Å². The fourth-order valence-electron chi connectivity index (χ4n) is 1.38. The molecule has 0 unspecified atom stereocenters. The van der Waals surface area contributed by atoms with Crippen molar-refractivity contribution in [3.05, 3.63) is 22.8 Å². The van der Waals surface area contributed by atoms with Crippen LogP contribution in [0.25, 0.3) is 0 Å². The van der Waals surface area contributed by atoms with Gasteiger partial charge in [-0.1, -0.05) is 5.57 Å². The van der Waals surface area contributed by atoms with Gasteiger partial charge in [0.1, 0.15) is 0 Å². The van der Waals surface area contributed by atoms with Crippen molar-refractivity contribution in [2.24, 2.45) is 0 Å². The summed E-state index contributed by atoms with van der Waals surface area (Å²) in [4.78, 5) is 22.6. The van der Waals surface area contributed by atoms with E-state index in [1.807, 2.05) is 6.92 Å². The Balaban J connectivity index is 2.76. The van der Waals surface area contributed by atoms with Gasteiger partial charge in [0.05, 0.1) is 6.61 Å². The lowest BCUT2D eigenvalue weighted by atomic mass is 10.1. The van der Waals surface area contributed by atoms with Gasteiger partial charge in [0.15, 0.2) is 5.78 Å². The molecule has 0 heterocycles. The molecule has 3 nitrogen and oxygen atoms in total. The van der Waals surface area contributed by atoms with E-state index in [9.17, 15) is 9.59 Å². The summed E-state index contributed by atoms with van der Waals surface area (Å²) in [5, 5.41) is 0. The molecule has 0 radical (unpaired) electrons. The highest BCUT2D eigenvalue weighted by atomic mass is 16.5. The van der Waals surface area contributed by atoms with Crippen LogP contribution in [0, 0.1) is 0 Å². The fourth-order valence-corrected chi connectivity index (χ4v) is 1.38. The van der Waals surface area contributed by atoms with Crippen LogP contribution in [0.5, 0.6) is 0 Å². The maximum absolute atomic E-state index is 11.5.